The maximum absolute atomic E-state index is 10.8. The molecular weight excluding hydrogens is 312 g/mol. The number of hydrogen-bond acceptors (Lipinski definition) is 6. The van der Waals surface area contributed by atoms with Gasteiger partial charge in [0.1, 0.15) is 19.0 Å². The third-order valence-corrected chi connectivity index (χ3v) is 3.71. The van der Waals surface area contributed by atoms with E-state index in [-0.39, 0.29) is 17.5 Å². The van der Waals surface area contributed by atoms with E-state index in [1.807, 2.05) is 25.1 Å². The summed E-state index contributed by atoms with van der Waals surface area (Å²) in [6, 6.07) is 9.20. The number of benzene rings is 2. The number of ether oxygens (including phenoxy) is 2. The second-order valence-corrected chi connectivity index (χ2v) is 5.36. The van der Waals surface area contributed by atoms with E-state index in [1.165, 1.54) is 24.4 Å². The van der Waals surface area contributed by atoms with Gasteiger partial charge < -0.3 is 14.6 Å². The number of rotatable bonds is 4. The molecule has 1 aliphatic heterocycles. The van der Waals surface area contributed by atoms with Crippen LogP contribution in [0.3, 0.4) is 0 Å². The molecule has 0 spiro atoms. The Balaban J connectivity index is 1.81. The molecule has 1 atom stereocenters. The van der Waals surface area contributed by atoms with Crippen LogP contribution in [0.15, 0.2) is 41.4 Å². The normalized spacial score (nSPS) is 14.5. The van der Waals surface area contributed by atoms with Crippen LogP contribution in [0.2, 0.25) is 0 Å². The Morgan fingerprint density at radius 3 is 2.71 bits per heavy atom. The van der Waals surface area contributed by atoms with Crippen molar-refractivity contribution >= 4 is 11.9 Å². The topological polar surface area (TPSA) is 94.2 Å². The van der Waals surface area contributed by atoms with Crippen molar-refractivity contribution in [1.29, 1.82) is 0 Å². The van der Waals surface area contributed by atoms with Crippen molar-refractivity contribution < 1.29 is 19.5 Å². The molecule has 2 aromatic carbocycles. The Labute approximate surface area is 138 Å². The minimum Gasteiger partial charge on any atom is -0.507 e. The van der Waals surface area contributed by atoms with Gasteiger partial charge in [-0.15, -0.1) is 0 Å². The highest BCUT2D eigenvalue weighted by molar-refractivity contribution is 5.84. The van der Waals surface area contributed by atoms with Crippen molar-refractivity contribution in [2.75, 3.05) is 13.2 Å². The zero-order chi connectivity index (χ0) is 17.1. The molecule has 0 fully saturated rings. The zero-order valence-electron chi connectivity index (χ0n) is 13.0. The van der Waals surface area contributed by atoms with Crippen molar-refractivity contribution in [3.05, 3.63) is 57.6 Å². The molecule has 7 nitrogen and oxygen atoms in total. The van der Waals surface area contributed by atoms with Gasteiger partial charge >= 0.3 is 0 Å². The predicted octanol–water partition coefficient (Wildman–Crippen LogP) is 3.25. The first kappa shape index (κ1) is 15.8. The average molecular weight is 328 g/mol. The number of aliphatic imine (C=N–C) groups is 1. The lowest BCUT2D eigenvalue weighted by Crippen LogP contribution is -2.15. The Hall–Kier alpha value is -3.09. The lowest BCUT2D eigenvalue weighted by Gasteiger charge is -2.19. The Morgan fingerprint density at radius 1 is 1.21 bits per heavy atom. The van der Waals surface area contributed by atoms with E-state index in [9.17, 15) is 15.2 Å². The van der Waals surface area contributed by atoms with Crippen LogP contribution in [0.25, 0.3) is 0 Å². The third kappa shape index (κ3) is 3.29. The molecule has 0 aliphatic carbocycles. The van der Waals surface area contributed by atoms with Crippen molar-refractivity contribution in [1.82, 2.24) is 0 Å². The number of phenols is 1. The molecule has 0 saturated heterocycles. The molecule has 7 heteroatoms. The summed E-state index contributed by atoms with van der Waals surface area (Å²) in [4.78, 5) is 14.7. The van der Waals surface area contributed by atoms with E-state index < -0.39 is 4.92 Å². The smallest absolute Gasteiger partial charge is 0.270 e. The maximum Gasteiger partial charge on any atom is 0.270 e. The Bertz CT molecular complexity index is 804. The highest BCUT2D eigenvalue weighted by atomic mass is 16.6. The summed E-state index contributed by atoms with van der Waals surface area (Å²) in [5.41, 5.74) is 1.12. The molecule has 0 aromatic heterocycles. The van der Waals surface area contributed by atoms with Crippen molar-refractivity contribution in [2.45, 2.75) is 13.0 Å². The number of non-ortho nitro benzene ring substituents is 1. The van der Waals surface area contributed by atoms with Crippen LogP contribution in [0.5, 0.6) is 17.2 Å². The van der Waals surface area contributed by atoms with Crippen LogP contribution in [-0.4, -0.2) is 29.5 Å². The second kappa shape index (κ2) is 6.57. The lowest BCUT2D eigenvalue weighted by molar-refractivity contribution is -0.384. The van der Waals surface area contributed by atoms with E-state index >= 15 is 0 Å². The molecule has 0 bridgehead atoms. The van der Waals surface area contributed by atoms with E-state index in [4.69, 9.17) is 9.47 Å². The Kier molecular flexibility index (Phi) is 4.33. The number of nitro groups is 1. The third-order valence-electron chi connectivity index (χ3n) is 3.71. The van der Waals surface area contributed by atoms with E-state index in [2.05, 4.69) is 4.99 Å². The quantitative estimate of drug-likeness (QED) is 0.528. The summed E-state index contributed by atoms with van der Waals surface area (Å²) in [7, 11) is 0. The fourth-order valence-corrected chi connectivity index (χ4v) is 2.36. The predicted molar refractivity (Wildman–Crippen MR) is 88.2 cm³/mol. The first-order chi connectivity index (χ1) is 11.5. The minimum absolute atomic E-state index is 0.0567. The van der Waals surface area contributed by atoms with E-state index in [1.54, 1.807) is 0 Å². The van der Waals surface area contributed by atoms with Crippen LogP contribution < -0.4 is 9.47 Å². The summed E-state index contributed by atoms with van der Waals surface area (Å²) >= 11 is 0. The molecule has 0 radical (unpaired) electrons. The van der Waals surface area contributed by atoms with Crippen LogP contribution in [-0.2, 0) is 0 Å². The van der Waals surface area contributed by atoms with Gasteiger partial charge in [-0.25, -0.2) is 0 Å². The summed E-state index contributed by atoms with van der Waals surface area (Å²) in [5.74, 6) is 1.33. The van der Waals surface area contributed by atoms with Gasteiger partial charge in [0.15, 0.2) is 11.5 Å². The molecule has 0 unspecified atom stereocenters. The maximum atomic E-state index is 10.8. The number of fused-ring (bicyclic) bond motifs is 1. The Morgan fingerprint density at radius 2 is 1.96 bits per heavy atom. The summed E-state index contributed by atoms with van der Waals surface area (Å²) in [6.45, 7) is 2.93. The van der Waals surface area contributed by atoms with Gasteiger partial charge in [0, 0.05) is 23.9 Å². The largest absolute Gasteiger partial charge is 0.507 e. The van der Waals surface area contributed by atoms with Crippen molar-refractivity contribution in [2.24, 2.45) is 4.99 Å². The molecular formula is C17H16N2O5. The molecule has 1 aliphatic rings. The highest BCUT2D eigenvalue weighted by Gasteiger charge is 2.14. The molecule has 0 amide bonds. The van der Waals surface area contributed by atoms with Gasteiger partial charge in [-0.1, -0.05) is 6.07 Å². The van der Waals surface area contributed by atoms with Gasteiger partial charge in [0.2, 0.25) is 0 Å². The van der Waals surface area contributed by atoms with Gasteiger partial charge in [-0.2, -0.15) is 0 Å². The van der Waals surface area contributed by atoms with Crippen molar-refractivity contribution in [3.63, 3.8) is 0 Å². The van der Waals surface area contributed by atoms with Crippen molar-refractivity contribution in [3.8, 4) is 17.2 Å². The van der Waals surface area contributed by atoms with Gasteiger partial charge in [-0.3, -0.25) is 15.1 Å². The van der Waals surface area contributed by atoms with Gasteiger partial charge in [-0.05, 0) is 30.7 Å². The summed E-state index contributed by atoms with van der Waals surface area (Å²) in [5, 5.41) is 20.6. The minimum atomic E-state index is -0.513. The number of nitrogens with zero attached hydrogens (tertiary/aromatic N) is 2. The summed E-state index contributed by atoms with van der Waals surface area (Å²) in [6.07, 6.45) is 1.43. The number of nitro benzene ring substituents is 1. The lowest BCUT2D eigenvalue weighted by atomic mass is 10.1. The fraction of sp³-hybridized carbons (Fsp3) is 0.235. The summed E-state index contributed by atoms with van der Waals surface area (Å²) < 4.78 is 11.0. The SMILES string of the molecule is C[C@H](N=Cc1cc([N+](=O)[O-])ccc1O)c1ccc2c(c1)OCCO2. The van der Waals surface area contributed by atoms with E-state index in [0.29, 0.717) is 30.3 Å². The van der Waals surface area contributed by atoms with Crippen LogP contribution in [0.1, 0.15) is 24.1 Å². The van der Waals surface area contributed by atoms with Crippen LogP contribution >= 0.6 is 0 Å². The molecule has 24 heavy (non-hydrogen) atoms. The first-order valence-electron chi connectivity index (χ1n) is 7.45. The molecule has 2 aromatic rings. The molecule has 3 rings (SSSR count). The van der Waals surface area contributed by atoms with Crippen LogP contribution in [0.4, 0.5) is 5.69 Å². The molecule has 1 N–H and O–H groups in total. The number of hydrogen-bond donors (Lipinski definition) is 1. The average Bonchev–Trinajstić information content (AvgIpc) is 2.60. The highest BCUT2D eigenvalue weighted by Crippen LogP contribution is 2.33. The fourth-order valence-electron chi connectivity index (χ4n) is 2.36. The second-order valence-electron chi connectivity index (χ2n) is 5.36. The first-order valence-corrected chi connectivity index (χ1v) is 7.45. The number of aromatic hydroxyl groups is 1. The van der Waals surface area contributed by atoms with Crippen LogP contribution in [0, 0.1) is 10.1 Å². The van der Waals surface area contributed by atoms with Gasteiger partial charge in [0.25, 0.3) is 5.69 Å². The molecule has 0 saturated carbocycles. The van der Waals surface area contributed by atoms with Gasteiger partial charge in [0.05, 0.1) is 11.0 Å². The standard InChI is InChI=1S/C17H16N2O5/c1-11(12-2-5-16-17(9-12)24-7-6-23-16)18-10-13-8-14(19(21)22)3-4-15(13)20/h2-5,8-11,20H,6-7H2,1H3/t11-/m0/s1. The number of phenolic OH excluding ortho intramolecular Hbond substituents is 1. The monoisotopic (exact) mass is 328 g/mol. The molecule has 1 heterocycles. The molecule has 124 valence electrons. The zero-order valence-corrected chi connectivity index (χ0v) is 13.0. The van der Waals surface area contributed by atoms with E-state index in [0.717, 1.165) is 5.56 Å².